The van der Waals surface area contributed by atoms with Gasteiger partial charge in [-0.3, -0.25) is 9.48 Å². The summed E-state index contributed by atoms with van der Waals surface area (Å²) in [6, 6.07) is 3.78. The van der Waals surface area contributed by atoms with Crippen molar-refractivity contribution < 1.29 is 9.53 Å². The van der Waals surface area contributed by atoms with E-state index in [1.54, 1.807) is 35.0 Å². The molecular weight excluding hydrogens is 320 g/mol. The fraction of sp³-hybridized carbons (Fsp3) is 0.529. The quantitative estimate of drug-likeness (QED) is 0.880. The summed E-state index contributed by atoms with van der Waals surface area (Å²) in [4.78, 5) is 19.2. The molecule has 0 aliphatic carbocycles. The van der Waals surface area contributed by atoms with Gasteiger partial charge >= 0.3 is 0 Å². The first-order valence-corrected chi connectivity index (χ1v) is 8.39. The number of carbonyl (C=O) groups is 1. The summed E-state index contributed by atoms with van der Waals surface area (Å²) in [7, 11) is 3.49. The van der Waals surface area contributed by atoms with Crippen molar-refractivity contribution in [3.63, 3.8) is 0 Å². The highest BCUT2D eigenvalue weighted by molar-refractivity contribution is 5.99. The minimum absolute atomic E-state index is 0.0147. The first kappa shape index (κ1) is 17.3. The molecule has 3 rings (SSSR count). The number of hydrogen-bond acceptors (Lipinski definition) is 6. The molecule has 1 aliphatic rings. The monoisotopic (exact) mass is 344 g/mol. The van der Waals surface area contributed by atoms with Crippen LogP contribution in [0.4, 0.5) is 5.82 Å². The third kappa shape index (κ3) is 3.63. The average molecular weight is 344 g/mol. The van der Waals surface area contributed by atoms with Crippen molar-refractivity contribution in [2.45, 2.75) is 31.9 Å². The maximum absolute atomic E-state index is 13.0. The Hall–Kier alpha value is -2.48. The van der Waals surface area contributed by atoms with Gasteiger partial charge in [-0.15, -0.1) is 5.10 Å². The van der Waals surface area contributed by atoms with Gasteiger partial charge in [0.15, 0.2) is 0 Å². The third-order valence-electron chi connectivity index (χ3n) is 4.32. The predicted octanol–water partition coefficient (Wildman–Crippen LogP) is 1.28. The van der Waals surface area contributed by atoms with Gasteiger partial charge in [-0.05, 0) is 26.0 Å². The Bertz CT molecular complexity index is 744. The normalized spacial score (nSPS) is 20.3. The molecule has 0 aromatic carbocycles. The third-order valence-corrected chi connectivity index (χ3v) is 4.32. The highest BCUT2D eigenvalue weighted by Gasteiger charge is 2.38. The molecule has 2 atom stereocenters. The second kappa shape index (κ2) is 7.18. The van der Waals surface area contributed by atoms with E-state index in [9.17, 15) is 4.79 Å². The Balaban J connectivity index is 1.82. The minimum atomic E-state index is -0.0983. The number of rotatable bonds is 5. The minimum Gasteiger partial charge on any atom is -0.379 e. The zero-order valence-corrected chi connectivity index (χ0v) is 15.0. The van der Waals surface area contributed by atoms with Gasteiger partial charge in [0.25, 0.3) is 5.91 Å². The molecule has 25 heavy (non-hydrogen) atoms. The molecule has 0 spiro atoms. The van der Waals surface area contributed by atoms with Gasteiger partial charge in [0, 0.05) is 45.7 Å². The van der Waals surface area contributed by atoms with Crippen molar-refractivity contribution in [2.75, 3.05) is 25.5 Å². The van der Waals surface area contributed by atoms with Crippen molar-refractivity contribution in [1.29, 1.82) is 0 Å². The second-order valence-corrected chi connectivity index (χ2v) is 6.61. The number of hydrogen-bond donors (Lipinski definition) is 1. The molecule has 1 aliphatic heterocycles. The number of ether oxygens (including phenoxy) is 1. The summed E-state index contributed by atoms with van der Waals surface area (Å²) in [6.45, 7) is 5.10. The molecule has 0 unspecified atom stereocenters. The number of likely N-dealkylation sites (tertiary alicyclic amines) is 1. The fourth-order valence-corrected chi connectivity index (χ4v) is 3.13. The van der Waals surface area contributed by atoms with Crippen molar-refractivity contribution >= 4 is 11.7 Å². The second-order valence-electron chi connectivity index (χ2n) is 6.61. The van der Waals surface area contributed by atoms with Crippen LogP contribution in [0.5, 0.6) is 0 Å². The lowest BCUT2D eigenvalue weighted by molar-refractivity contribution is 0.0714. The summed E-state index contributed by atoms with van der Waals surface area (Å²) < 4.78 is 7.26. The molecule has 3 heterocycles. The number of aryl methyl sites for hydroxylation is 1. The Morgan fingerprint density at radius 2 is 2.20 bits per heavy atom. The number of aromatic nitrogens is 4. The van der Waals surface area contributed by atoms with E-state index in [-0.39, 0.29) is 24.0 Å². The number of nitrogens with zero attached hydrogens (tertiary/aromatic N) is 5. The first-order chi connectivity index (χ1) is 12.0. The molecule has 2 aromatic heterocycles. The lowest BCUT2D eigenvalue weighted by Gasteiger charge is -2.19. The van der Waals surface area contributed by atoms with E-state index in [4.69, 9.17) is 4.74 Å². The van der Waals surface area contributed by atoms with Gasteiger partial charge in [0.05, 0.1) is 23.3 Å². The lowest BCUT2D eigenvalue weighted by atomic mass is 10.0. The molecule has 8 heteroatoms. The van der Waals surface area contributed by atoms with Crippen LogP contribution in [-0.2, 0) is 11.8 Å². The predicted molar refractivity (Wildman–Crippen MR) is 93.4 cm³/mol. The molecule has 8 nitrogen and oxygen atoms in total. The smallest absolute Gasteiger partial charge is 0.257 e. The van der Waals surface area contributed by atoms with Gasteiger partial charge in [0.1, 0.15) is 5.82 Å². The average Bonchev–Trinajstić information content (AvgIpc) is 3.20. The zero-order chi connectivity index (χ0) is 18.0. The number of anilines is 1. The fourth-order valence-electron chi connectivity index (χ4n) is 3.13. The van der Waals surface area contributed by atoms with Crippen LogP contribution < -0.4 is 5.32 Å². The highest BCUT2D eigenvalue weighted by Crippen LogP contribution is 2.30. The Kier molecular flexibility index (Phi) is 4.98. The number of nitrogens with one attached hydrogen (secondary N) is 1. The molecule has 1 amide bonds. The van der Waals surface area contributed by atoms with Crippen LogP contribution in [0.3, 0.4) is 0 Å². The van der Waals surface area contributed by atoms with Crippen LogP contribution in [0.2, 0.25) is 0 Å². The number of methoxy groups -OCH3 is 1. The van der Waals surface area contributed by atoms with Crippen LogP contribution in [0, 0.1) is 0 Å². The topological polar surface area (TPSA) is 85.2 Å². The van der Waals surface area contributed by atoms with E-state index in [1.807, 2.05) is 27.1 Å². The number of pyridine rings is 1. The summed E-state index contributed by atoms with van der Waals surface area (Å²) in [5.41, 5.74) is 1.42. The molecule has 1 N–H and O–H groups in total. The molecule has 2 aromatic rings. The molecule has 0 bridgehead atoms. The van der Waals surface area contributed by atoms with Crippen molar-refractivity contribution in [2.24, 2.45) is 7.05 Å². The van der Waals surface area contributed by atoms with Crippen LogP contribution in [0.1, 0.15) is 35.8 Å². The molecule has 0 saturated carbocycles. The van der Waals surface area contributed by atoms with E-state index in [1.165, 1.54) is 0 Å². The summed E-state index contributed by atoms with van der Waals surface area (Å²) >= 11 is 0. The maximum Gasteiger partial charge on any atom is 0.257 e. The van der Waals surface area contributed by atoms with Crippen molar-refractivity contribution in [3.8, 4) is 0 Å². The number of amides is 1. The van der Waals surface area contributed by atoms with E-state index >= 15 is 0 Å². The van der Waals surface area contributed by atoms with Crippen molar-refractivity contribution in [1.82, 2.24) is 24.9 Å². The van der Waals surface area contributed by atoms with E-state index in [2.05, 4.69) is 20.6 Å². The standard InChI is InChI=1S/C17H24N6O2/c1-11(2)19-16-12(6-5-7-18-16)17(24)23-8-13(15(10-23)25-4)14-9-22(3)21-20-14/h5-7,9,11,13,15H,8,10H2,1-4H3,(H,18,19)/t13-,15+/m0/s1. The molecule has 1 saturated heterocycles. The van der Waals surface area contributed by atoms with Gasteiger partial charge in [-0.2, -0.15) is 0 Å². The van der Waals surface area contributed by atoms with E-state index in [0.717, 1.165) is 5.69 Å². The largest absolute Gasteiger partial charge is 0.379 e. The molecule has 0 radical (unpaired) electrons. The van der Waals surface area contributed by atoms with Gasteiger partial charge in [-0.1, -0.05) is 5.21 Å². The summed E-state index contributed by atoms with van der Waals surface area (Å²) in [5.74, 6) is 0.574. The molecule has 134 valence electrons. The Labute approximate surface area is 147 Å². The van der Waals surface area contributed by atoms with E-state index < -0.39 is 0 Å². The summed E-state index contributed by atoms with van der Waals surface area (Å²) in [5, 5.41) is 11.4. The SMILES string of the molecule is CO[C@@H]1CN(C(=O)c2cccnc2NC(C)C)C[C@H]1c1cn(C)nn1. The van der Waals surface area contributed by atoms with Crippen molar-refractivity contribution in [3.05, 3.63) is 35.8 Å². The first-order valence-electron chi connectivity index (χ1n) is 8.39. The zero-order valence-electron chi connectivity index (χ0n) is 15.0. The lowest BCUT2D eigenvalue weighted by Crippen LogP contribution is -2.31. The van der Waals surface area contributed by atoms with Gasteiger partial charge in [-0.25, -0.2) is 4.98 Å². The Morgan fingerprint density at radius 1 is 1.40 bits per heavy atom. The maximum atomic E-state index is 13.0. The van der Waals surface area contributed by atoms with Gasteiger partial charge in [0.2, 0.25) is 0 Å². The number of carbonyl (C=O) groups excluding carboxylic acids is 1. The van der Waals surface area contributed by atoms with Crippen LogP contribution in [-0.4, -0.2) is 63.1 Å². The Morgan fingerprint density at radius 3 is 2.84 bits per heavy atom. The molecular formula is C17H24N6O2. The highest BCUT2D eigenvalue weighted by atomic mass is 16.5. The van der Waals surface area contributed by atoms with Crippen LogP contribution >= 0.6 is 0 Å². The van der Waals surface area contributed by atoms with Crippen LogP contribution in [0.15, 0.2) is 24.5 Å². The summed E-state index contributed by atoms with van der Waals surface area (Å²) in [6.07, 6.45) is 3.46. The van der Waals surface area contributed by atoms with Gasteiger partial charge < -0.3 is 15.0 Å². The van der Waals surface area contributed by atoms with E-state index in [0.29, 0.717) is 24.5 Å². The molecule has 1 fully saturated rings. The van der Waals surface area contributed by atoms with Crippen LogP contribution in [0.25, 0.3) is 0 Å².